The van der Waals surface area contributed by atoms with Gasteiger partial charge in [0.25, 0.3) is 5.56 Å². The van der Waals surface area contributed by atoms with Crippen LogP contribution in [0.3, 0.4) is 0 Å². The van der Waals surface area contributed by atoms with E-state index in [9.17, 15) is 4.79 Å². The molecule has 0 spiro atoms. The molecule has 0 aromatic carbocycles. The summed E-state index contributed by atoms with van der Waals surface area (Å²) >= 11 is 3.05. The van der Waals surface area contributed by atoms with Crippen LogP contribution in [-0.2, 0) is 13.5 Å². The van der Waals surface area contributed by atoms with Gasteiger partial charge in [-0.05, 0) is 30.0 Å². The number of pyridine rings is 1. The van der Waals surface area contributed by atoms with Crippen LogP contribution in [-0.4, -0.2) is 30.4 Å². The topological polar surface area (TPSA) is 86.7 Å². The SMILES string of the molecule is Cn1c(SCCCc2nc(-c3ccncc3)no2)nc2sccc2c1=O. The number of thiophene rings is 1. The van der Waals surface area contributed by atoms with E-state index in [1.165, 1.54) is 11.3 Å². The maximum atomic E-state index is 12.3. The molecule has 0 bridgehead atoms. The second kappa shape index (κ2) is 7.38. The molecule has 4 aromatic rings. The summed E-state index contributed by atoms with van der Waals surface area (Å²) < 4.78 is 6.91. The van der Waals surface area contributed by atoms with Crippen molar-refractivity contribution in [1.29, 1.82) is 0 Å². The summed E-state index contributed by atoms with van der Waals surface area (Å²) in [5.41, 5.74) is 0.880. The van der Waals surface area contributed by atoms with Gasteiger partial charge in [0, 0.05) is 37.2 Å². The van der Waals surface area contributed by atoms with Crippen LogP contribution in [0, 0.1) is 0 Å². The lowest BCUT2D eigenvalue weighted by Gasteiger charge is -2.06. The molecule has 0 unspecified atom stereocenters. The molecule has 0 aliphatic heterocycles. The molecule has 0 saturated heterocycles. The average molecular weight is 385 g/mol. The third-order valence-corrected chi connectivity index (χ3v) is 5.76. The van der Waals surface area contributed by atoms with Crippen molar-refractivity contribution in [3.63, 3.8) is 0 Å². The molecule has 0 fully saturated rings. The highest BCUT2D eigenvalue weighted by Gasteiger charge is 2.11. The molecule has 4 heterocycles. The van der Waals surface area contributed by atoms with E-state index in [4.69, 9.17) is 4.52 Å². The van der Waals surface area contributed by atoms with Crippen molar-refractivity contribution in [1.82, 2.24) is 24.7 Å². The van der Waals surface area contributed by atoms with Gasteiger partial charge in [0.2, 0.25) is 11.7 Å². The zero-order valence-corrected chi connectivity index (χ0v) is 15.6. The van der Waals surface area contributed by atoms with E-state index in [-0.39, 0.29) is 5.56 Å². The van der Waals surface area contributed by atoms with Gasteiger partial charge in [-0.3, -0.25) is 14.3 Å². The number of thioether (sulfide) groups is 1. The predicted octanol–water partition coefficient (Wildman–Crippen LogP) is 3.16. The van der Waals surface area contributed by atoms with E-state index >= 15 is 0 Å². The van der Waals surface area contributed by atoms with Crippen LogP contribution in [0.1, 0.15) is 12.3 Å². The van der Waals surface area contributed by atoms with Crippen LogP contribution >= 0.6 is 23.1 Å². The van der Waals surface area contributed by atoms with E-state index in [2.05, 4.69) is 20.1 Å². The highest BCUT2D eigenvalue weighted by molar-refractivity contribution is 7.99. The van der Waals surface area contributed by atoms with Crippen molar-refractivity contribution in [2.75, 3.05) is 5.75 Å². The van der Waals surface area contributed by atoms with Crippen LogP contribution in [0.15, 0.2) is 50.4 Å². The second-order valence-corrected chi connectivity index (χ2v) is 7.55. The number of aromatic nitrogens is 5. The van der Waals surface area contributed by atoms with Gasteiger partial charge in [-0.2, -0.15) is 4.98 Å². The van der Waals surface area contributed by atoms with Crippen LogP contribution in [0.4, 0.5) is 0 Å². The maximum absolute atomic E-state index is 12.3. The Labute approximate surface area is 157 Å². The zero-order chi connectivity index (χ0) is 17.9. The van der Waals surface area contributed by atoms with Crippen LogP contribution < -0.4 is 5.56 Å². The number of hydrogen-bond acceptors (Lipinski definition) is 8. The molecular formula is C17H15N5O2S2. The number of fused-ring (bicyclic) bond motifs is 1. The zero-order valence-electron chi connectivity index (χ0n) is 14.0. The molecule has 26 heavy (non-hydrogen) atoms. The minimum atomic E-state index is -0.00218. The first-order valence-electron chi connectivity index (χ1n) is 8.02. The van der Waals surface area contributed by atoms with E-state index in [0.29, 0.717) is 23.5 Å². The minimum Gasteiger partial charge on any atom is -0.339 e. The van der Waals surface area contributed by atoms with Crippen molar-refractivity contribution in [3.8, 4) is 11.4 Å². The van der Waals surface area contributed by atoms with E-state index in [1.54, 1.807) is 35.8 Å². The molecule has 4 rings (SSSR count). The van der Waals surface area contributed by atoms with Gasteiger partial charge in [-0.25, -0.2) is 4.98 Å². The number of aryl methyl sites for hydroxylation is 1. The number of rotatable bonds is 6. The van der Waals surface area contributed by atoms with Crippen molar-refractivity contribution in [3.05, 3.63) is 52.2 Å². The van der Waals surface area contributed by atoms with Crippen molar-refractivity contribution in [2.24, 2.45) is 7.05 Å². The van der Waals surface area contributed by atoms with Crippen LogP contribution in [0.25, 0.3) is 21.6 Å². The minimum absolute atomic E-state index is 0.00218. The van der Waals surface area contributed by atoms with E-state index in [0.717, 1.165) is 27.7 Å². The molecule has 0 aliphatic carbocycles. The Balaban J connectivity index is 1.37. The molecule has 0 saturated carbocycles. The van der Waals surface area contributed by atoms with Crippen LogP contribution in [0.2, 0.25) is 0 Å². The van der Waals surface area contributed by atoms with Gasteiger partial charge < -0.3 is 4.52 Å². The summed E-state index contributed by atoms with van der Waals surface area (Å²) in [5, 5.41) is 7.30. The Bertz CT molecular complexity index is 1090. The summed E-state index contributed by atoms with van der Waals surface area (Å²) in [6, 6.07) is 5.51. The molecular weight excluding hydrogens is 370 g/mol. The Morgan fingerprint density at radius 3 is 2.92 bits per heavy atom. The lowest BCUT2D eigenvalue weighted by molar-refractivity contribution is 0.378. The van der Waals surface area contributed by atoms with Crippen molar-refractivity contribution in [2.45, 2.75) is 18.0 Å². The lowest BCUT2D eigenvalue weighted by atomic mass is 10.2. The predicted molar refractivity (Wildman–Crippen MR) is 101 cm³/mol. The molecule has 7 nitrogen and oxygen atoms in total. The molecule has 0 radical (unpaired) electrons. The standard InChI is InChI=1S/C17H15N5O2S2/c1-22-16(23)12-6-10-25-15(12)20-17(22)26-9-2-3-13-19-14(21-24-13)11-4-7-18-8-5-11/h4-8,10H,2-3,9H2,1H3. The first-order valence-corrected chi connectivity index (χ1v) is 9.89. The second-order valence-electron chi connectivity index (χ2n) is 5.60. The highest BCUT2D eigenvalue weighted by Crippen LogP contribution is 2.21. The van der Waals surface area contributed by atoms with E-state index < -0.39 is 0 Å². The fraction of sp³-hybridized carbons (Fsp3) is 0.235. The van der Waals surface area contributed by atoms with Gasteiger partial charge in [-0.1, -0.05) is 16.9 Å². The van der Waals surface area contributed by atoms with Gasteiger partial charge in [0.05, 0.1) is 5.39 Å². The molecule has 0 N–H and O–H groups in total. The van der Waals surface area contributed by atoms with Crippen LogP contribution in [0.5, 0.6) is 0 Å². The smallest absolute Gasteiger partial charge is 0.262 e. The molecule has 0 aliphatic rings. The Hall–Kier alpha value is -2.52. The number of nitrogens with zero attached hydrogens (tertiary/aromatic N) is 5. The fourth-order valence-electron chi connectivity index (χ4n) is 2.47. The molecule has 132 valence electrons. The Morgan fingerprint density at radius 2 is 2.08 bits per heavy atom. The first kappa shape index (κ1) is 16.9. The summed E-state index contributed by atoms with van der Waals surface area (Å²) in [4.78, 5) is 26.0. The van der Waals surface area contributed by atoms with Crippen molar-refractivity contribution < 1.29 is 4.52 Å². The normalized spacial score (nSPS) is 11.3. The van der Waals surface area contributed by atoms with Gasteiger partial charge in [-0.15, -0.1) is 11.3 Å². The highest BCUT2D eigenvalue weighted by atomic mass is 32.2. The first-order chi connectivity index (χ1) is 12.7. The summed E-state index contributed by atoms with van der Waals surface area (Å²) in [6.07, 6.45) is 4.93. The van der Waals surface area contributed by atoms with E-state index in [1.807, 2.05) is 23.6 Å². The maximum Gasteiger partial charge on any atom is 0.262 e. The summed E-state index contributed by atoms with van der Waals surface area (Å²) in [6.45, 7) is 0. The average Bonchev–Trinajstić information content (AvgIpc) is 3.33. The molecule has 0 amide bonds. The summed E-state index contributed by atoms with van der Waals surface area (Å²) in [5.74, 6) is 1.99. The number of hydrogen-bond donors (Lipinski definition) is 0. The molecule has 0 atom stereocenters. The third kappa shape index (κ3) is 3.40. The lowest BCUT2D eigenvalue weighted by Crippen LogP contribution is -2.19. The van der Waals surface area contributed by atoms with Crippen molar-refractivity contribution >= 4 is 33.3 Å². The quantitative estimate of drug-likeness (QED) is 0.286. The Morgan fingerprint density at radius 1 is 1.23 bits per heavy atom. The monoisotopic (exact) mass is 385 g/mol. The Kier molecular flexibility index (Phi) is 4.81. The molecule has 9 heteroatoms. The van der Waals surface area contributed by atoms with Gasteiger partial charge >= 0.3 is 0 Å². The molecule has 4 aromatic heterocycles. The van der Waals surface area contributed by atoms with Gasteiger partial charge in [0.1, 0.15) is 4.83 Å². The van der Waals surface area contributed by atoms with Gasteiger partial charge in [0.15, 0.2) is 5.16 Å². The summed E-state index contributed by atoms with van der Waals surface area (Å²) in [7, 11) is 1.76. The third-order valence-electron chi connectivity index (χ3n) is 3.84. The fourth-order valence-corrected chi connectivity index (χ4v) is 4.19. The largest absolute Gasteiger partial charge is 0.339 e.